The molecule has 0 amide bonds. The van der Waals surface area contributed by atoms with Gasteiger partial charge in [-0.15, -0.1) is 0 Å². The zero-order chi connectivity index (χ0) is 14.7. The van der Waals surface area contributed by atoms with Crippen LogP contribution in [-0.2, 0) is 0 Å². The minimum absolute atomic E-state index is 0.0761. The SMILES string of the molecule is Cc1ccc(OCC(=O)c2ccc(F)c(F)c2)c(Br)c1. The smallest absolute Gasteiger partial charge is 0.200 e. The number of rotatable bonds is 4. The Morgan fingerprint density at radius 2 is 1.90 bits per heavy atom. The van der Waals surface area contributed by atoms with E-state index in [2.05, 4.69) is 15.9 Å². The topological polar surface area (TPSA) is 26.3 Å². The summed E-state index contributed by atoms with van der Waals surface area (Å²) in [6, 6.07) is 8.46. The van der Waals surface area contributed by atoms with Crippen LogP contribution >= 0.6 is 15.9 Å². The molecule has 0 bridgehead atoms. The maximum absolute atomic E-state index is 13.0. The molecule has 0 radical (unpaired) electrons. The molecule has 2 rings (SSSR count). The lowest BCUT2D eigenvalue weighted by atomic mass is 10.1. The molecule has 0 unspecified atom stereocenters. The van der Waals surface area contributed by atoms with E-state index < -0.39 is 17.4 Å². The molecule has 0 fully saturated rings. The molecule has 0 aliphatic carbocycles. The molecule has 20 heavy (non-hydrogen) atoms. The number of carbonyl (C=O) groups is 1. The van der Waals surface area contributed by atoms with Crippen molar-refractivity contribution in [3.05, 3.63) is 63.6 Å². The van der Waals surface area contributed by atoms with Crippen molar-refractivity contribution < 1.29 is 18.3 Å². The van der Waals surface area contributed by atoms with Crippen molar-refractivity contribution in [2.45, 2.75) is 6.92 Å². The summed E-state index contributed by atoms with van der Waals surface area (Å²) in [7, 11) is 0. The fraction of sp³-hybridized carbons (Fsp3) is 0.133. The van der Waals surface area contributed by atoms with Gasteiger partial charge in [-0.25, -0.2) is 8.78 Å². The number of halogens is 3. The van der Waals surface area contributed by atoms with Crippen molar-refractivity contribution in [2.75, 3.05) is 6.61 Å². The van der Waals surface area contributed by atoms with Crippen molar-refractivity contribution >= 4 is 21.7 Å². The summed E-state index contributed by atoms with van der Waals surface area (Å²) in [5, 5.41) is 0. The summed E-state index contributed by atoms with van der Waals surface area (Å²) in [6.45, 7) is 1.69. The summed E-state index contributed by atoms with van der Waals surface area (Å²) in [6.07, 6.45) is 0. The van der Waals surface area contributed by atoms with Gasteiger partial charge in [0, 0.05) is 5.56 Å². The van der Waals surface area contributed by atoms with E-state index in [-0.39, 0.29) is 12.2 Å². The average molecular weight is 341 g/mol. The van der Waals surface area contributed by atoms with Crippen molar-refractivity contribution in [1.82, 2.24) is 0 Å². The second kappa shape index (κ2) is 6.13. The molecular weight excluding hydrogens is 330 g/mol. The summed E-state index contributed by atoms with van der Waals surface area (Å²) in [5.74, 6) is -1.93. The Kier molecular flexibility index (Phi) is 4.49. The van der Waals surface area contributed by atoms with E-state index in [4.69, 9.17) is 4.74 Å². The van der Waals surface area contributed by atoms with Crippen molar-refractivity contribution in [2.24, 2.45) is 0 Å². The Labute approximate surface area is 123 Å². The summed E-state index contributed by atoms with van der Waals surface area (Å²) in [5.41, 5.74) is 1.13. The first-order valence-corrected chi connectivity index (χ1v) is 6.64. The number of Topliss-reactive ketones (excluding diaryl/α,β-unsaturated/α-hetero) is 1. The van der Waals surface area contributed by atoms with Gasteiger partial charge in [-0.3, -0.25) is 4.79 Å². The quantitative estimate of drug-likeness (QED) is 0.775. The molecule has 104 valence electrons. The Morgan fingerprint density at radius 3 is 2.55 bits per heavy atom. The molecule has 0 aliphatic rings. The zero-order valence-electron chi connectivity index (χ0n) is 10.6. The highest BCUT2D eigenvalue weighted by atomic mass is 79.9. The van der Waals surface area contributed by atoms with Gasteiger partial charge in [-0.05, 0) is 58.7 Å². The molecule has 5 heteroatoms. The Morgan fingerprint density at radius 1 is 1.15 bits per heavy atom. The van der Waals surface area contributed by atoms with Gasteiger partial charge < -0.3 is 4.74 Å². The zero-order valence-corrected chi connectivity index (χ0v) is 12.2. The van der Waals surface area contributed by atoms with Crippen LogP contribution in [0.1, 0.15) is 15.9 Å². The third-order valence-corrected chi connectivity index (χ3v) is 3.31. The Bertz CT molecular complexity index is 656. The third-order valence-electron chi connectivity index (χ3n) is 2.69. The molecular formula is C15H11BrF2O2. The third kappa shape index (κ3) is 3.42. The number of carbonyl (C=O) groups excluding carboxylic acids is 1. The molecule has 0 N–H and O–H groups in total. The molecule has 0 aromatic heterocycles. The maximum Gasteiger partial charge on any atom is 0.200 e. The second-order valence-corrected chi connectivity index (χ2v) is 5.13. The molecule has 0 aliphatic heterocycles. The van der Waals surface area contributed by atoms with E-state index in [0.717, 1.165) is 22.2 Å². The predicted molar refractivity (Wildman–Crippen MR) is 75.1 cm³/mol. The van der Waals surface area contributed by atoms with E-state index in [1.165, 1.54) is 6.07 Å². The highest BCUT2D eigenvalue weighted by Crippen LogP contribution is 2.25. The molecule has 0 spiro atoms. The van der Waals surface area contributed by atoms with Crippen LogP contribution in [-0.4, -0.2) is 12.4 Å². The lowest BCUT2D eigenvalue weighted by molar-refractivity contribution is 0.0920. The van der Waals surface area contributed by atoms with Crippen LogP contribution < -0.4 is 4.74 Å². The van der Waals surface area contributed by atoms with Crippen LogP contribution in [0.15, 0.2) is 40.9 Å². The van der Waals surface area contributed by atoms with Gasteiger partial charge in [0.25, 0.3) is 0 Å². The first-order valence-electron chi connectivity index (χ1n) is 5.84. The summed E-state index contributed by atoms with van der Waals surface area (Å²) in [4.78, 5) is 11.8. The van der Waals surface area contributed by atoms with Crippen molar-refractivity contribution in [3.63, 3.8) is 0 Å². The van der Waals surface area contributed by atoms with Gasteiger partial charge in [0.1, 0.15) is 5.75 Å². The van der Waals surface area contributed by atoms with Crippen LogP contribution in [0.2, 0.25) is 0 Å². The van der Waals surface area contributed by atoms with Crippen LogP contribution in [0.25, 0.3) is 0 Å². The second-order valence-electron chi connectivity index (χ2n) is 4.27. The predicted octanol–water partition coefficient (Wildman–Crippen LogP) is 4.30. The number of hydrogen-bond acceptors (Lipinski definition) is 2. The summed E-state index contributed by atoms with van der Waals surface area (Å²) >= 11 is 3.33. The standard InChI is InChI=1S/C15H11BrF2O2/c1-9-2-5-15(11(16)6-9)20-8-14(19)10-3-4-12(17)13(18)7-10/h2-7H,8H2,1H3. The van der Waals surface area contributed by atoms with Gasteiger partial charge in [-0.1, -0.05) is 6.07 Å². The highest BCUT2D eigenvalue weighted by Gasteiger charge is 2.11. The fourth-order valence-electron chi connectivity index (χ4n) is 1.62. The first-order chi connectivity index (χ1) is 9.47. The number of hydrogen-bond donors (Lipinski definition) is 0. The molecule has 0 saturated carbocycles. The highest BCUT2D eigenvalue weighted by molar-refractivity contribution is 9.10. The monoisotopic (exact) mass is 340 g/mol. The first kappa shape index (κ1) is 14.7. The minimum atomic E-state index is -1.05. The number of aryl methyl sites for hydroxylation is 1. The molecule has 0 atom stereocenters. The van der Waals surface area contributed by atoms with Crippen LogP contribution in [0.5, 0.6) is 5.75 Å². The van der Waals surface area contributed by atoms with E-state index in [1.54, 1.807) is 6.07 Å². The Hall–Kier alpha value is -1.75. The van der Waals surface area contributed by atoms with Crippen LogP contribution in [0.3, 0.4) is 0 Å². The average Bonchev–Trinajstić information content (AvgIpc) is 2.40. The van der Waals surface area contributed by atoms with Crippen molar-refractivity contribution in [3.8, 4) is 5.75 Å². The van der Waals surface area contributed by atoms with Crippen LogP contribution in [0, 0.1) is 18.6 Å². The van der Waals surface area contributed by atoms with Crippen molar-refractivity contribution in [1.29, 1.82) is 0 Å². The normalized spacial score (nSPS) is 10.4. The minimum Gasteiger partial charge on any atom is -0.484 e. The molecule has 2 nitrogen and oxygen atoms in total. The largest absolute Gasteiger partial charge is 0.484 e. The summed E-state index contributed by atoms with van der Waals surface area (Å²) < 4.78 is 31.9. The number of ether oxygens (including phenoxy) is 1. The fourth-order valence-corrected chi connectivity index (χ4v) is 2.23. The molecule has 2 aromatic carbocycles. The Balaban J connectivity index is 2.06. The number of ketones is 1. The van der Waals surface area contributed by atoms with E-state index in [9.17, 15) is 13.6 Å². The molecule has 0 heterocycles. The number of benzene rings is 2. The lowest BCUT2D eigenvalue weighted by Crippen LogP contribution is -2.12. The van der Waals surface area contributed by atoms with Gasteiger partial charge in [0.15, 0.2) is 24.0 Å². The van der Waals surface area contributed by atoms with Gasteiger partial charge in [0.2, 0.25) is 0 Å². The van der Waals surface area contributed by atoms with Crippen LogP contribution in [0.4, 0.5) is 8.78 Å². The van der Waals surface area contributed by atoms with Gasteiger partial charge >= 0.3 is 0 Å². The van der Waals surface area contributed by atoms with E-state index in [0.29, 0.717) is 5.75 Å². The van der Waals surface area contributed by atoms with Gasteiger partial charge in [0.05, 0.1) is 4.47 Å². The maximum atomic E-state index is 13.0. The van der Waals surface area contributed by atoms with Gasteiger partial charge in [-0.2, -0.15) is 0 Å². The van der Waals surface area contributed by atoms with E-state index in [1.807, 2.05) is 19.1 Å². The lowest BCUT2D eigenvalue weighted by Gasteiger charge is -2.08. The molecule has 2 aromatic rings. The molecule has 0 saturated heterocycles. The van der Waals surface area contributed by atoms with E-state index >= 15 is 0 Å².